The van der Waals surface area contributed by atoms with E-state index in [9.17, 15) is 42.1 Å². The second-order valence-electron chi connectivity index (χ2n) is 15.2. The molecule has 6 N–H and O–H groups in total. The number of benzene rings is 5. The first-order chi connectivity index (χ1) is 28.9. The third-order valence-electron chi connectivity index (χ3n) is 11.2. The molecule has 4 aliphatic rings. The molecule has 6 aromatic rings. The van der Waals surface area contributed by atoms with Crippen LogP contribution in [0.15, 0.2) is 142 Å². The minimum Gasteiger partial charge on any atom is -0.504 e. The molecule has 1 atom stereocenters. The summed E-state index contributed by atoms with van der Waals surface area (Å²) in [6.45, 7) is 3.07. The van der Waals surface area contributed by atoms with E-state index in [1.807, 2.05) is 0 Å². The number of hydrogen-bond acceptors (Lipinski definition) is 11. The maximum Gasteiger partial charge on any atom is 0.295 e. The molecule has 0 spiro atoms. The standard InChI is InChI=1S/C19H20N2.C16H12O6.C10H8O6S2/c1-20-12-11-19-17(14-20)16-9-5-6-10-18(16)21(19)13-15-7-3-2-4-8-15;17-10-2-1-8-13-9-4-12(19)11(18)3-7(9)5-16(13,21)6-22-15(8)14(10)20;11-17(12,13)9-5-1-3-7-8(9)4-2-6-10(7)18(14,15)16/h2-10H,11-14H2,1H3;1-4,18-21H,5-6H2;1-6H,(H,11,12,13)(H,14,15,16). The maximum absolute atomic E-state index is 11.5. The van der Waals surface area contributed by atoms with E-state index in [0.29, 0.717) is 22.3 Å². The number of aromatic nitrogens is 1. The molecule has 61 heavy (non-hydrogen) atoms. The molecule has 1 aromatic heterocycles. The smallest absolute Gasteiger partial charge is 0.295 e. The van der Waals surface area contributed by atoms with Crippen LogP contribution in [0, 0.1) is 0 Å². The van der Waals surface area contributed by atoms with Crippen LogP contribution in [0.25, 0.3) is 27.2 Å². The summed E-state index contributed by atoms with van der Waals surface area (Å²) in [6, 6.07) is 29.9. The molecule has 0 amide bonds. The largest absolute Gasteiger partial charge is 0.504 e. The van der Waals surface area contributed by atoms with E-state index in [1.54, 1.807) is 0 Å². The van der Waals surface area contributed by atoms with Crippen molar-refractivity contribution in [1.82, 2.24) is 9.47 Å². The van der Waals surface area contributed by atoms with Gasteiger partial charge in [0.25, 0.3) is 20.2 Å². The fraction of sp³-hybridized carbons (Fsp3) is 0.178. The van der Waals surface area contributed by atoms with E-state index in [4.69, 9.17) is 13.8 Å². The van der Waals surface area contributed by atoms with Crippen molar-refractivity contribution in [3.63, 3.8) is 0 Å². The van der Waals surface area contributed by atoms with Crippen LogP contribution in [0.4, 0.5) is 0 Å². The van der Waals surface area contributed by atoms with E-state index in [1.165, 1.54) is 76.3 Å². The number of aromatic hydroxyl groups is 2. The number of phenols is 2. The first-order valence-corrected chi connectivity index (χ1v) is 21.9. The molecule has 0 fully saturated rings. The van der Waals surface area contributed by atoms with Crippen molar-refractivity contribution in [2.45, 2.75) is 41.3 Å². The molecule has 0 saturated heterocycles. The number of aliphatic hydroxyl groups excluding tert-OH is 1. The normalized spacial score (nSPS) is 18.3. The van der Waals surface area contributed by atoms with Crippen molar-refractivity contribution in [1.29, 1.82) is 0 Å². The van der Waals surface area contributed by atoms with Crippen molar-refractivity contribution in [2.75, 3.05) is 20.2 Å². The SMILES string of the molecule is CN1CCc2c(c3ccccc3n2Cc2ccccc2)C1.O=C1C=CC2=C3c4cc(O)c(O)cc4CC3(O)COC2=C1O.O=S(=O)(O)c1cccc2c(S(=O)(=O)O)cccc12. The summed E-state index contributed by atoms with van der Waals surface area (Å²) in [5, 5.41) is 41.5. The van der Waals surface area contributed by atoms with Gasteiger partial charge >= 0.3 is 0 Å². The van der Waals surface area contributed by atoms with E-state index in [0.717, 1.165) is 38.2 Å². The Hall–Kier alpha value is -6.27. The molecule has 10 rings (SSSR count). The number of allylic oxidation sites excluding steroid dienone is 2. The molecule has 2 aliphatic carbocycles. The molecule has 2 aliphatic heterocycles. The van der Waals surface area contributed by atoms with Crippen molar-refractivity contribution in [3.8, 4) is 11.5 Å². The van der Waals surface area contributed by atoms with Gasteiger partial charge in [0.15, 0.2) is 17.3 Å². The van der Waals surface area contributed by atoms with Crippen LogP contribution >= 0.6 is 0 Å². The Morgan fingerprint density at radius 1 is 0.754 bits per heavy atom. The molecule has 1 unspecified atom stereocenters. The second kappa shape index (κ2) is 15.6. The fourth-order valence-corrected chi connectivity index (χ4v) is 9.86. The highest BCUT2D eigenvalue weighted by molar-refractivity contribution is 7.86. The predicted octanol–water partition coefficient (Wildman–Crippen LogP) is 6.09. The molecule has 14 nitrogen and oxygen atoms in total. The van der Waals surface area contributed by atoms with E-state index in [-0.39, 0.29) is 41.1 Å². The lowest BCUT2D eigenvalue weighted by molar-refractivity contribution is -0.114. The van der Waals surface area contributed by atoms with Gasteiger partial charge in [-0.3, -0.25) is 13.9 Å². The molecule has 0 saturated carbocycles. The Kier molecular flexibility index (Phi) is 10.6. The summed E-state index contributed by atoms with van der Waals surface area (Å²) >= 11 is 0. The molecule has 314 valence electrons. The van der Waals surface area contributed by atoms with Crippen LogP contribution in [0.5, 0.6) is 11.5 Å². The number of nitrogens with zero attached hydrogens (tertiary/aromatic N) is 2. The monoisotopic (exact) mass is 864 g/mol. The number of ketones is 1. The number of rotatable bonds is 4. The number of carbonyl (C=O) groups excluding carboxylic acids is 1. The number of likely N-dealkylation sites (N-methyl/N-ethyl adjacent to an activating group) is 1. The molecular formula is C45H40N2O12S2. The van der Waals surface area contributed by atoms with E-state index in [2.05, 4.69) is 71.1 Å². The molecule has 0 radical (unpaired) electrons. The lowest BCUT2D eigenvalue weighted by atomic mass is 9.85. The number of hydrogen-bond donors (Lipinski definition) is 6. The van der Waals surface area contributed by atoms with Crippen LogP contribution < -0.4 is 0 Å². The number of carbonyl (C=O) groups is 1. The number of phenolic OH excluding ortho intramolecular Hbond substituents is 2. The zero-order valence-electron chi connectivity index (χ0n) is 32.6. The van der Waals surface area contributed by atoms with Crippen LogP contribution in [0.2, 0.25) is 0 Å². The van der Waals surface area contributed by atoms with Gasteiger partial charge in [0.1, 0.15) is 22.0 Å². The second-order valence-corrected chi connectivity index (χ2v) is 18.0. The minimum absolute atomic E-state index is 0.0233. The number of para-hydroxylation sites is 1. The third kappa shape index (κ3) is 7.80. The van der Waals surface area contributed by atoms with Crippen molar-refractivity contribution in [2.24, 2.45) is 0 Å². The Morgan fingerprint density at radius 2 is 1.36 bits per heavy atom. The first-order valence-electron chi connectivity index (χ1n) is 19.0. The third-order valence-corrected chi connectivity index (χ3v) is 13.0. The number of ether oxygens (including phenoxy) is 1. The molecule has 3 heterocycles. The Balaban J connectivity index is 0.000000127. The van der Waals surface area contributed by atoms with Crippen LogP contribution in [0.1, 0.15) is 27.9 Å². The average Bonchev–Trinajstić information content (AvgIpc) is 3.69. The first kappa shape index (κ1) is 41.5. The van der Waals surface area contributed by atoms with Crippen LogP contribution in [-0.2, 0) is 55.7 Å². The van der Waals surface area contributed by atoms with Gasteiger partial charge in [-0.15, -0.1) is 0 Å². The topological polar surface area (TPSA) is 224 Å². The van der Waals surface area contributed by atoms with Crippen molar-refractivity contribution < 1.29 is 55.9 Å². The zero-order chi connectivity index (χ0) is 43.4. The van der Waals surface area contributed by atoms with Gasteiger partial charge in [-0.25, -0.2) is 0 Å². The predicted molar refractivity (Wildman–Crippen MR) is 226 cm³/mol. The minimum atomic E-state index is -4.47. The van der Waals surface area contributed by atoms with Gasteiger partial charge in [-0.1, -0.05) is 72.8 Å². The summed E-state index contributed by atoms with van der Waals surface area (Å²) in [5.74, 6) is -1.58. The Bertz CT molecular complexity index is 3030. The van der Waals surface area contributed by atoms with Crippen molar-refractivity contribution in [3.05, 3.63) is 160 Å². The molecule has 5 aromatic carbocycles. The summed E-state index contributed by atoms with van der Waals surface area (Å²) < 4.78 is 70.6. The molecule has 16 heteroatoms. The highest BCUT2D eigenvalue weighted by atomic mass is 32.2. The van der Waals surface area contributed by atoms with Gasteiger partial charge < -0.3 is 34.6 Å². The van der Waals surface area contributed by atoms with Gasteiger partial charge in [-0.2, -0.15) is 16.8 Å². The lowest BCUT2D eigenvalue weighted by Gasteiger charge is -2.33. The fourth-order valence-electron chi connectivity index (χ4n) is 8.44. The van der Waals surface area contributed by atoms with Crippen LogP contribution in [-0.4, -0.2) is 87.4 Å². The van der Waals surface area contributed by atoms with Gasteiger partial charge in [0.2, 0.25) is 11.5 Å². The maximum atomic E-state index is 11.5. The molecular weight excluding hydrogens is 825 g/mol. The lowest BCUT2D eigenvalue weighted by Crippen LogP contribution is -2.39. The summed E-state index contributed by atoms with van der Waals surface area (Å²) in [6.07, 6.45) is 4.04. The zero-order valence-corrected chi connectivity index (χ0v) is 34.2. The quantitative estimate of drug-likeness (QED) is 0.0874. The number of fused-ring (bicyclic) bond motifs is 8. The summed E-state index contributed by atoms with van der Waals surface area (Å²) in [7, 11) is -6.72. The van der Waals surface area contributed by atoms with E-state index >= 15 is 0 Å². The highest BCUT2D eigenvalue weighted by Gasteiger charge is 2.48. The molecule has 0 bridgehead atoms. The Morgan fingerprint density at radius 3 is 2.02 bits per heavy atom. The van der Waals surface area contributed by atoms with Crippen LogP contribution in [0.3, 0.4) is 0 Å². The average molecular weight is 865 g/mol. The highest BCUT2D eigenvalue weighted by Crippen LogP contribution is 2.50. The van der Waals surface area contributed by atoms with Gasteiger partial charge in [0, 0.05) is 71.0 Å². The summed E-state index contributed by atoms with van der Waals surface area (Å²) in [5.41, 5.74) is 6.60. The van der Waals surface area contributed by atoms with E-state index < -0.39 is 47.2 Å². The van der Waals surface area contributed by atoms with Gasteiger partial charge in [0.05, 0.1) is 0 Å². The number of aliphatic hydroxyl groups is 2. The summed E-state index contributed by atoms with van der Waals surface area (Å²) in [4.78, 5) is 13.1. The van der Waals surface area contributed by atoms with Crippen molar-refractivity contribution >= 4 is 53.3 Å². The van der Waals surface area contributed by atoms with Gasteiger partial charge in [-0.05, 0) is 71.8 Å². The Labute approximate surface area is 350 Å².